The third-order valence-corrected chi connectivity index (χ3v) is 8.45. The van der Waals surface area contributed by atoms with Crippen molar-refractivity contribution in [1.82, 2.24) is 0 Å². The molecule has 0 amide bonds. The van der Waals surface area contributed by atoms with Crippen LogP contribution in [0, 0.1) is 52.8 Å². The van der Waals surface area contributed by atoms with Crippen LogP contribution in [0.5, 0.6) is 0 Å². The zero-order chi connectivity index (χ0) is 18.0. The molecule has 0 aliphatic heterocycles. The van der Waals surface area contributed by atoms with Gasteiger partial charge in [-0.3, -0.25) is 9.59 Å². The number of hydrogen-bond acceptors (Lipinski definition) is 2. The topological polar surface area (TPSA) is 54.4 Å². The second kappa shape index (κ2) is 5.47. The Morgan fingerprint density at radius 2 is 2.08 bits per heavy atom. The summed E-state index contributed by atoms with van der Waals surface area (Å²) in [6.45, 7) is 4.45. The van der Waals surface area contributed by atoms with Gasteiger partial charge in [-0.15, -0.1) is 6.42 Å². The molecule has 5 unspecified atom stereocenters. The molecule has 3 nitrogen and oxygen atoms in total. The van der Waals surface area contributed by atoms with Crippen LogP contribution in [0.2, 0.25) is 0 Å². The third kappa shape index (κ3) is 2.06. The quantitative estimate of drug-likeness (QED) is 0.732. The second-order valence-electron chi connectivity index (χ2n) is 9.21. The molecule has 3 saturated carbocycles. The monoisotopic (exact) mass is 340 g/mol. The van der Waals surface area contributed by atoms with Crippen LogP contribution in [-0.4, -0.2) is 16.9 Å². The van der Waals surface area contributed by atoms with Gasteiger partial charge in [0.1, 0.15) is 5.41 Å². The van der Waals surface area contributed by atoms with Crippen molar-refractivity contribution in [1.29, 1.82) is 0 Å². The van der Waals surface area contributed by atoms with Crippen molar-refractivity contribution < 1.29 is 14.7 Å². The van der Waals surface area contributed by atoms with E-state index in [0.29, 0.717) is 42.4 Å². The highest BCUT2D eigenvalue weighted by atomic mass is 16.4. The smallest absolute Gasteiger partial charge is 0.322 e. The lowest BCUT2D eigenvalue weighted by Gasteiger charge is -2.57. The summed E-state index contributed by atoms with van der Waals surface area (Å²) < 4.78 is 0. The van der Waals surface area contributed by atoms with Crippen molar-refractivity contribution in [3.05, 3.63) is 11.6 Å². The largest absolute Gasteiger partial charge is 0.480 e. The van der Waals surface area contributed by atoms with E-state index in [0.717, 1.165) is 32.1 Å². The molecule has 0 saturated heterocycles. The number of rotatable bonds is 1. The van der Waals surface area contributed by atoms with Crippen LogP contribution in [-0.2, 0) is 9.59 Å². The van der Waals surface area contributed by atoms with Gasteiger partial charge >= 0.3 is 5.97 Å². The minimum atomic E-state index is -0.999. The zero-order valence-corrected chi connectivity index (χ0v) is 15.3. The summed E-state index contributed by atoms with van der Waals surface area (Å²) in [6.07, 6.45) is 13.9. The molecule has 7 atom stereocenters. The van der Waals surface area contributed by atoms with Gasteiger partial charge < -0.3 is 5.11 Å². The number of aliphatic carboxylic acids is 1. The lowest BCUT2D eigenvalue weighted by molar-refractivity contribution is -0.156. The van der Waals surface area contributed by atoms with Crippen molar-refractivity contribution in [2.24, 2.45) is 40.4 Å². The molecule has 0 bridgehead atoms. The lowest BCUT2D eigenvalue weighted by atomic mass is 9.47. The van der Waals surface area contributed by atoms with Crippen LogP contribution in [0.1, 0.15) is 58.8 Å². The fraction of sp³-hybridized carbons (Fsp3) is 0.727. The number of carbonyl (C=O) groups excluding carboxylic acids is 1. The molecule has 134 valence electrons. The summed E-state index contributed by atoms with van der Waals surface area (Å²) in [5.74, 6) is 4.80. The summed E-state index contributed by atoms with van der Waals surface area (Å²) >= 11 is 0. The summed E-state index contributed by atoms with van der Waals surface area (Å²) in [5, 5.41) is 9.96. The molecule has 0 aromatic carbocycles. The first kappa shape index (κ1) is 16.9. The first-order chi connectivity index (χ1) is 11.8. The predicted octanol–water partition coefficient (Wildman–Crippen LogP) is 4.08. The zero-order valence-electron chi connectivity index (χ0n) is 15.3. The summed E-state index contributed by atoms with van der Waals surface area (Å²) in [5.41, 5.74) is 0.0726. The Morgan fingerprint density at radius 3 is 2.76 bits per heavy atom. The van der Waals surface area contributed by atoms with E-state index in [9.17, 15) is 14.7 Å². The SMILES string of the molecule is C#C[C@@]1(C(=O)O)CCC2C3C(C)CC4=CC(=O)CCC4C3CC[C@@]21C. The highest BCUT2D eigenvalue weighted by Gasteiger charge is 2.66. The summed E-state index contributed by atoms with van der Waals surface area (Å²) in [6, 6.07) is 0. The van der Waals surface area contributed by atoms with Gasteiger partial charge in [-0.2, -0.15) is 0 Å². The van der Waals surface area contributed by atoms with E-state index in [1.165, 1.54) is 5.57 Å². The number of fused-ring (bicyclic) bond motifs is 5. The van der Waals surface area contributed by atoms with Crippen molar-refractivity contribution in [3.63, 3.8) is 0 Å². The molecule has 0 aromatic rings. The second-order valence-corrected chi connectivity index (χ2v) is 9.21. The Morgan fingerprint density at radius 1 is 1.32 bits per heavy atom. The highest BCUT2D eigenvalue weighted by Crippen LogP contribution is 2.68. The number of hydrogen-bond donors (Lipinski definition) is 1. The molecule has 1 N–H and O–H groups in total. The van der Waals surface area contributed by atoms with E-state index in [1.807, 2.05) is 6.08 Å². The van der Waals surface area contributed by atoms with Crippen LogP contribution < -0.4 is 0 Å². The average Bonchev–Trinajstić information content (AvgIpc) is 2.87. The third-order valence-electron chi connectivity index (χ3n) is 8.45. The van der Waals surface area contributed by atoms with Gasteiger partial charge in [-0.1, -0.05) is 25.3 Å². The molecule has 25 heavy (non-hydrogen) atoms. The van der Waals surface area contributed by atoms with E-state index in [2.05, 4.69) is 19.8 Å². The van der Waals surface area contributed by atoms with Gasteiger partial charge in [0.25, 0.3) is 0 Å². The fourth-order valence-corrected chi connectivity index (χ4v) is 7.28. The first-order valence-electron chi connectivity index (χ1n) is 9.78. The maximum absolute atomic E-state index is 12.1. The predicted molar refractivity (Wildman–Crippen MR) is 95.5 cm³/mol. The van der Waals surface area contributed by atoms with Crippen molar-refractivity contribution in [2.45, 2.75) is 58.8 Å². The molecule has 0 heterocycles. The fourth-order valence-electron chi connectivity index (χ4n) is 7.28. The van der Waals surface area contributed by atoms with E-state index < -0.39 is 11.4 Å². The first-order valence-corrected chi connectivity index (χ1v) is 9.78. The van der Waals surface area contributed by atoms with Crippen molar-refractivity contribution in [2.75, 3.05) is 0 Å². The van der Waals surface area contributed by atoms with Gasteiger partial charge in [0.05, 0.1) is 0 Å². The summed E-state index contributed by atoms with van der Waals surface area (Å²) in [7, 11) is 0. The Kier molecular flexibility index (Phi) is 3.69. The van der Waals surface area contributed by atoms with E-state index >= 15 is 0 Å². The number of ketones is 1. The maximum Gasteiger partial charge on any atom is 0.322 e. The standard InChI is InChI=1S/C22H28O3/c1-4-22(20(24)25)10-8-18-19-13(2)11-14-12-15(23)5-6-16(14)17(19)7-9-21(18,22)3/h1,12-13,16-19H,5-11H2,2-3H3,(H,24,25)/t13?,16?,17?,18?,19?,21-,22-/m0/s1. The van der Waals surface area contributed by atoms with Crippen molar-refractivity contribution in [3.8, 4) is 12.3 Å². The van der Waals surface area contributed by atoms with Crippen LogP contribution >= 0.6 is 0 Å². The van der Waals surface area contributed by atoms with Gasteiger partial charge in [0.2, 0.25) is 0 Å². The minimum absolute atomic E-state index is 0.288. The molecule has 4 aliphatic rings. The van der Waals surface area contributed by atoms with Gasteiger partial charge in [-0.05, 0) is 79.6 Å². The van der Waals surface area contributed by atoms with Gasteiger partial charge in [0, 0.05) is 6.42 Å². The molecule has 4 rings (SSSR count). The normalized spacial score (nSPS) is 48.6. The Bertz CT molecular complexity index is 699. The average molecular weight is 340 g/mol. The molecular formula is C22H28O3. The Labute approximate surface area is 150 Å². The van der Waals surface area contributed by atoms with Crippen LogP contribution in [0.4, 0.5) is 0 Å². The number of terminal acetylenes is 1. The molecule has 0 aromatic heterocycles. The van der Waals surface area contributed by atoms with Crippen LogP contribution in [0.25, 0.3) is 0 Å². The van der Waals surface area contributed by atoms with E-state index in [4.69, 9.17) is 6.42 Å². The molecule has 3 heteroatoms. The summed E-state index contributed by atoms with van der Waals surface area (Å²) in [4.78, 5) is 24.0. The molecule has 3 fully saturated rings. The molecular weight excluding hydrogens is 312 g/mol. The number of carboxylic acids is 1. The Hall–Kier alpha value is -1.56. The molecule has 0 spiro atoms. The van der Waals surface area contributed by atoms with Gasteiger partial charge in [-0.25, -0.2) is 0 Å². The molecule has 0 radical (unpaired) electrons. The maximum atomic E-state index is 12.1. The number of carboxylic acid groups (broad SMARTS) is 1. The molecule has 4 aliphatic carbocycles. The van der Waals surface area contributed by atoms with Crippen LogP contribution in [0.15, 0.2) is 11.6 Å². The lowest BCUT2D eigenvalue weighted by Crippen LogP contribution is -2.53. The number of allylic oxidation sites excluding steroid dienone is 1. The van der Waals surface area contributed by atoms with E-state index in [1.54, 1.807) is 0 Å². The number of carbonyl (C=O) groups is 2. The minimum Gasteiger partial charge on any atom is -0.480 e. The van der Waals surface area contributed by atoms with E-state index in [-0.39, 0.29) is 11.2 Å². The highest BCUT2D eigenvalue weighted by molar-refractivity contribution is 5.91. The van der Waals surface area contributed by atoms with Gasteiger partial charge in [0.15, 0.2) is 5.78 Å². The van der Waals surface area contributed by atoms with Crippen molar-refractivity contribution >= 4 is 11.8 Å². The van der Waals surface area contributed by atoms with Crippen LogP contribution in [0.3, 0.4) is 0 Å². The Balaban J connectivity index is 1.72.